The van der Waals surface area contributed by atoms with Crippen molar-refractivity contribution in [2.45, 2.75) is 85.1 Å². The van der Waals surface area contributed by atoms with Crippen LogP contribution in [0.1, 0.15) is 74.3 Å². The van der Waals surface area contributed by atoms with Crippen molar-refractivity contribution < 1.29 is 23.9 Å². The molecule has 1 atom stereocenters. The Balaban J connectivity index is 1.43. The molecule has 2 aliphatic heterocycles. The highest BCUT2D eigenvalue weighted by Gasteiger charge is 2.31. The third-order valence-corrected chi connectivity index (χ3v) is 7.74. The van der Waals surface area contributed by atoms with Crippen molar-refractivity contribution in [3.63, 3.8) is 0 Å². The molecule has 0 radical (unpaired) electrons. The molecule has 206 valence electrons. The smallest absolute Gasteiger partial charge is 0.410 e. The molecule has 1 aromatic carbocycles. The zero-order valence-electron chi connectivity index (χ0n) is 23.5. The average Bonchev–Trinajstić information content (AvgIpc) is 3.42. The summed E-state index contributed by atoms with van der Waals surface area (Å²) in [5, 5.41) is 2.88. The second kappa shape index (κ2) is 10.6. The number of nitrogens with one attached hydrogen (secondary N) is 1. The van der Waals surface area contributed by atoms with Gasteiger partial charge in [-0.1, -0.05) is 12.1 Å². The molecule has 2 aliphatic rings. The van der Waals surface area contributed by atoms with Crippen LogP contribution >= 0.6 is 11.3 Å². The number of rotatable bonds is 3. The number of alkyl carbamates (subject to hydrolysis) is 1. The molecule has 2 aromatic rings. The molecule has 1 N–H and O–H groups in total. The van der Waals surface area contributed by atoms with E-state index < -0.39 is 17.3 Å². The average molecular weight is 542 g/mol. The highest BCUT2D eigenvalue weighted by atomic mass is 32.1. The van der Waals surface area contributed by atoms with Gasteiger partial charge in [0.15, 0.2) is 0 Å². The van der Waals surface area contributed by atoms with Crippen molar-refractivity contribution >= 4 is 29.4 Å². The van der Waals surface area contributed by atoms with Crippen molar-refractivity contribution in [2.24, 2.45) is 0 Å². The van der Waals surface area contributed by atoms with Crippen LogP contribution in [0.15, 0.2) is 24.3 Å². The summed E-state index contributed by atoms with van der Waals surface area (Å²) in [6.07, 6.45) is 0.735. The van der Waals surface area contributed by atoms with Crippen molar-refractivity contribution in [1.29, 1.82) is 0 Å². The van der Waals surface area contributed by atoms with Crippen LogP contribution in [0.25, 0.3) is 10.4 Å². The number of nitrogens with zero attached hydrogens (tertiary/aromatic N) is 2. The van der Waals surface area contributed by atoms with Crippen molar-refractivity contribution in [2.75, 3.05) is 19.6 Å². The summed E-state index contributed by atoms with van der Waals surface area (Å²) in [4.78, 5) is 43.4. The van der Waals surface area contributed by atoms with E-state index >= 15 is 0 Å². The first kappa shape index (κ1) is 28.0. The van der Waals surface area contributed by atoms with Gasteiger partial charge in [-0.05, 0) is 95.7 Å². The van der Waals surface area contributed by atoms with Gasteiger partial charge in [0.1, 0.15) is 11.2 Å². The number of hydrogen-bond donors (Lipinski definition) is 1. The Morgan fingerprint density at radius 3 is 2.34 bits per heavy atom. The zero-order valence-corrected chi connectivity index (χ0v) is 24.3. The molecule has 1 saturated heterocycles. The number of ether oxygens (including phenoxy) is 2. The van der Waals surface area contributed by atoms with Gasteiger partial charge in [0.25, 0.3) is 5.91 Å². The highest BCUT2D eigenvalue weighted by molar-refractivity contribution is 7.17. The number of likely N-dealkylation sites (tertiary alicyclic amines) is 1. The topological polar surface area (TPSA) is 88.2 Å². The maximum absolute atomic E-state index is 13.4. The second-order valence-corrected chi connectivity index (χ2v) is 13.2. The fraction of sp³-hybridized carbons (Fsp3) is 0.552. The summed E-state index contributed by atoms with van der Waals surface area (Å²) < 4.78 is 10.9. The van der Waals surface area contributed by atoms with Crippen LogP contribution in [0.5, 0.6) is 0 Å². The SMILES string of the molecule is Cc1cc(-c2ccc3c(c2)CN(C(=O)OC(C)(C)C)CC3)sc1C(=O)N1CC[C@H](NC(=O)OC(C)(C)C)C1. The van der Waals surface area contributed by atoms with Crippen LogP contribution in [-0.4, -0.2) is 64.8 Å². The van der Waals surface area contributed by atoms with Crippen LogP contribution in [0.2, 0.25) is 0 Å². The Labute approximate surface area is 229 Å². The largest absolute Gasteiger partial charge is 0.444 e. The van der Waals surface area contributed by atoms with Gasteiger partial charge in [-0.3, -0.25) is 4.79 Å². The van der Waals surface area contributed by atoms with Crippen LogP contribution in [0.4, 0.5) is 9.59 Å². The van der Waals surface area contributed by atoms with E-state index in [-0.39, 0.29) is 18.0 Å². The first-order chi connectivity index (χ1) is 17.7. The standard InChI is InChI=1S/C29H39N3O5S/c1-18-14-23(20-9-8-19-10-12-32(16-21(19)15-20)27(35)37-29(5,6)7)38-24(18)25(33)31-13-11-22(17-31)30-26(34)36-28(2,3)4/h8-9,14-15,22H,10-13,16-17H2,1-7H3,(H,30,34)/t22-/m0/s1. The van der Waals surface area contributed by atoms with Crippen molar-refractivity contribution in [1.82, 2.24) is 15.1 Å². The fourth-order valence-electron chi connectivity index (χ4n) is 4.71. The van der Waals surface area contributed by atoms with Crippen LogP contribution in [-0.2, 0) is 22.4 Å². The molecule has 0 spiro atoms. The maximum Gasteiger partial charge on any atom is 0.410 e. The normalized spacial score (nSPS) is 17.7. The summed E-state index contributed by atoms with van der Waals surface area (Å²) >= 11 is 1.49. The number of amides is 3. The molecule has 0 aliphatic carbocycles. The monoisotopic (exact) mass is 541 g/mol. The molecule has 38 heavy (non-hydrogen) atoms. The highest BCUT2D eigenvalue weighted by Crippen LogP contribution is 2.35. The van der Waals surface area contributed by atoms with Crippen molar-refractivity contribution in [3.05, 3.63) is 45.8 Å². The number of aryl methyl sites for hydroxylation is 1. The van der Waals surface area contributed by atoms with Gasteiger partial charge in [-0.15, -0.1) is 11.3 Å². The Morgan fingerprint density at radius 1 is 0.947 bits per heavy atom. The third-order valence-electron chi connectivity index (χ3n) is 6.46. The van der Waals surface area contributed by atoms with E-state index in [1.54, 1.807) is 9.80 Å². The predicted molar refractivity (Wildman–Crippen MR) is 149 cm³/mol. The second-order valence-electron chi connectivity index (χ2n) is 12.1. The van der Waals surface area contributed by atoms with Crippen LogP contribution in [0.3, 0.4) is 0 Å². The Bertz CT molecular complexity index is 1220. The number of carbonyl (C=O) groups is 3. The van der Waals surface area contributed by atoms with Gasteiger partial charge in [0.05, 0.1) is 10.9 Å². The van der Waals surface area contributed by atoms with Gasteiger partial charge in [0.2, 0.25) is 0 Å². The predicted octanol–water partition coefficient (Wildman–Crippen LogP) is 5.76. The molecule has 3 amide bonds. The van der Waals surface area contributed by atoms with Gasteiger partial charge < -0.3 is 24.6 Å². The van der Waals surface area contributed by atoms with Gasteiger partial charge in [0, 0.05) is 31.1 Å². The minimum atomic E-state index is -0.562. The maximum atomic E-state index is 13.4. The van der Waals surface area contributed by atoms with Crippen molar-refractivity contribution in [3.8, 4) is 10.4 Å². The third kappa shape index (κ3) is 6.87. The number of carbonyl (C=O) groups excluding carboxylic acids is 3. The summed E-state index contributed by atoms with van der Waals surface area (Å²) in [6.45, 7) is 15.3. The van der Waals surface area contributed by atoms with Crippen LogP contribution < -0.4 is 5.32 Å². The van der Waals surface area contributed by atoms with Crippen LogP contribution in [0, 0.1) is 6.92 Å². The summed E-state index contributed by atoms with van der Waals surface area (Å²) in [7, 11) is 0. The molecule has 0 bridgehead atoms. The molecular formula is C29H39N3O5S. The summed E-state index contributed by atoms with van der Waals surface area (Å²) in [5.74, 6) is -0.0127. The molecule has 0 saturated carbocycles. The van der Waals surface area contributed by atoms with E-state index in [0.29, 0.717) is 37.5 Å². The van der Waals surface area contributed by atoms with Gasteiger partial charge in [-0.2, -0.15) is 0 Å². The molecule has 8 nitrogen and oxygen atoms in total. The first-order valence-corrected chi connectivity index (χ1v) is 14.0. The number of thiophene rings is 1. The van der Waals surface area contributed by atoms with E-state index in [2.05, 4.69) is 29.6 Å². The molecule has 3 heterocycles. The molecular weight excluding hydrogens is 502 g/mol. The Kier molecular flexibility index (Phi) is 7.79. The first-order valence-electron chi connectivity index (χ1n) is 13.2. The Hall–Kier alpha value is -3.07. The molecule has 4 rings (SSSR count). The molecule has 1 fully saturated rings. The van der Waals surface area contributed by atoms with E-state index in [1.165, 1.54) is 16.9 Å². The fourth-order valence-corrected chi connectivity index (χ4v) is 5.85. The number of hydrogen-bond acceptors (Lipinski definition) is 6. The lowest BCUT2D eigenvalue weighted by Crippen LogP contribution is -2.41. The summed E-state index contributed by atoms with van der Waals surface area (Å²) in [6, 6.07) is 8.28. The lowest BCUT2D eigenvalue weighted by molar-refractivity contribution is 0.0223. The molecule has 1 aromatic heterocycles. The van der Waals surface area contributed by atoms with Gasteiger partial charge >= 0.3 is 12.2 Å². The molecule has 0 unspecified atom stereocenters. The minimum absolute atomic E-state index is 0.0127. The number of benzene rings is 1. The van der Waals surface area contributed by atoms with E-state index in [4.69, 9.17) is 9.47 Å². The minimum Gasteiger partial charge on any atom is -0.444 e. The van der Waals surface area contributed by atoms with E-state index in [0.717, 1.165) is 28.0 Å². The van der Waals surface area contributed by atoms with E-state index in [9.17, 15) is 14.4 Å². The lowest BCUT2D eigenvalue weighted by atomic mass is 9.97. The lowest BCUT2D eigenvalue weighted by Gasteiger charge is -2.31. The van der Waals surface area contributed by atoms with E-state index in [1.807, 2.05) is 48.5 Å². The zero-order chi connectivity index (χ0) is 27.8. The quantitative estimate of drug-likeness (QED) is 0.534. The summed E-state index contributed by atoms with van der Waals surface area (Å²) in [5.41, 5.74) is 3.22. The Morgan fingerprint density at radius 2 is 1.66 bits per heavy atom. The van der Waals surface area contributed by atoms with Gasteiger partial charge in [-0.25, -0.2) is 9.59 Å². The molecule has 9 heteroatoms. The number of fused-ring (bicyclic) bond motifs is 1.